The van der Waals surface area contributed by atoms with Gasteiger partial charge in [-0.05, 0) is 158 Å². The highest BCUT2D eigenvalue weighted by Gasteiger charge is 2.09. The molecule has 0 saturated heterocycles. The summed E-state index contributed by atoms with van der Waals surface area (Å²) in [4.78, 5) is 4.88. The number of benzene rings is 3. The maximum Gasteiger partial charge on any atom is 0.0339 e. The summed E-state index contributed by atoms with van der Waals surface area (Å²) in [5.41, 5.74) is 0. The van der Waals surface area contributed by atoms with Crippen molar-refractivity contribution in [3.8, 4) is 0 Å². The average molecular weight is 622 g/mol. The first-order valence-corrected chi connectivity index (χ1v) is 16.5. The van der Waals surface area contributed by atoms with Crippen LogP contribution in [-0.2, 0) is 0 Å². The second kappa shape index (κ2) is 8.25. The molecule has 0 heterocycles. The fraction of sp³-hybridized carbons (Fsp3) is 0. The van der Waals surface area contributed by atoms with Gasteiger partial charge in [0.1, 0.15) is 0 Å². The van der Waals surface area contributed by atoms with E-state index in [9.17, 15) is 0 Å². The zero-order valence-corrected chi connectivity index (χ0v) is 20.2. The molecule has 0 aromatic heterocycles. The van der Waals surface area contributed by atoms with Crippen molar-refractivity contribution in [2.45, 2.75) is 19.6 Å². The Kier molecular flexibility index (Phi) is 6.86. The minimum atomic E-state index is 1.22. The van der Waals surface area contributed by atoms with Crippen molar-refractivity contribution < 1.29 is 0 Å². The van der Waals surface area contributed by atoms with E-state index in [1.54, 1.807) is 40.8 Å². The van der Waals surface area contributed by atoms with E-state index in [4.69, 9.17) is 0 Å². The van der Waals surface area contributed by atoms with Gasteiger partial charge in [0, 0.05) is 19.6 Å². The summed E-state index contributed by atoms with van der Waals surface area (Å²) < 4.78 is 0. The summed E-state index contributed by atoms with van der Waals surface area (Å²) in [7, 11) is 6.38. The molecule has 0 saturated carbocycles. The maximum absolute atomic E-state index is 3.49. The smallest absolute Gasteiger partial charge is 0.0339 e. The predicted molar refractivity (Wildman–Crippen MR) is 121 cm³/mol. The summed E-state index contributed by atoms with van der Waals surface area (Å²) in [6, 6.07) is 13.4. The molecule has 3 aromatic rings. The van der Waals surface area contributed by atoms with E-state index in [1.807, 2.05) is 0 Å². The van der Waals surface area contributed by atoms with Crippen LogP contribution in [0.25, 0.3) is 21.5 Å². The van der Waals surface area contributed by atoms with Crippen molar-refractivity contribution in [1.82, 2.24) is 0 Å². The number of hydrogen-bond acceptors (Lipinski definition) is 4. The first kappa shape index (κ1) is 18.3. The van der Waals surface area contributed by atoms with Crippen LogP contribution in [0.1, 0.15) is 0 Å². The van der Waals surface area contributed by atoms with Crippen molar-refractivity contribution in [2.24, 2.45) is 0 Å². The molecule has 114 valence electrons. The monoisotopic (exact) mass is 618 g/mol. The first-order chi connectivity index (χ1) is 10.7. The van der Waals surface area contributed by atoms with Crippen LogP contribution in [0.5, 0.6) is 0 Å². The van der Waals surface area contributed by atoms with Crippen LogP contribution in [0.15, 0.2) is 56.0 Å². The van der Waals surface area contributed by atoms with Crippen molar-refractivity contribution in [3.63, 3.8) is 0 Å². The highest BCUT2D eigenvalue weighted by atomic mass is 79.9. The van der Waals surface area contributed by atoms with E-state index in [1.165, 1.54) is 41.1 Å². The molecule has 0 aliphatic rings. The third kappa shape index (κ3) is 3.69. The highest BCUT2D eigenvalue weighted by molar-refractivity contribution is 9.51. The van der Waals surface area contributed by atoms with Gasteiger partial charge in [-0.2, -0.15) is 0 Å². The van der Waals surface area contributed by atoms with Gasteiger partial charge in [0.05, 0.1) is 0 Å². The molecule has 3 aromatic carbocycles. The molecule has 0 N–H and O–H groups in total. The lowest BCUT2D eigenvalue weighted by atomic mass is 10.0. The van der Waals surface area contributed by atoms with Crippen molar-refractivity contribution in [2.75, 3.05) is 0 Å². The second-order valence-corrected chi connectivity index (χ2v) is 10.7. The molecular weight excluding hydrogens is 616 g/mol. The summed E-state index contributed by atoms with van der Waals surface area (Å²) in [5, 5.41) is 5.02. The molecule has 0 aliphatic heterocycles. The van der Waals surface area contributed by atoms with Crippen LogP contribution in [-0.4, -0.2) is 0 Å². The topological polar surface area (TPSA) is 0 Å². The van der Waals surface area contributed by atoms with Gasteiger partial charge in [-0.15, -0.1) is 0 Å². The summed E-state index contributed by atoms with van der Waals surface area (Å²) >= 11 is 14.0. The van der Waals surface area contributed by atoms with Gasteiger partial charge in [-0.3, -0.25) is 0 Å². The Morgan fingerprint density at radius 1 is 0.409 bits per heavy atom. The third-order valence-electron chi connectivity index (χ3n) is 3.25. The summed E-state index contributed by atoms with van der Waals surface area (Å²) in [5.74, 6) is 0. The van der Waals surface area contributed by atoms with E-state index in [2.05, 4.69) is 95.6 Å². The van der Waals surface area contributed by atoms with Crippen LogP contribution < -0.4 is 0 Å². The summed E-state index contributed by atoms with van der Waals surface area (Å²) in [6.45, 7) is 0. The average Bonchev–Trinajstić information content (AvgIpc) is 2.57. The molecule has 0 nitrogen and oxygen atoms in total. The van der Waals surface area contributed by atoms with Gasteiger partial charge < -0.3 is 0 Å². The summed E-state index contributed by atoms with van der Waals surface area (Å²) in [6.07, 6.45) is 0. The van der Waals surface area contributed by atoms with Gasteiger partial charge in [-0.1, -0.05) is 0 Å². The van der Waals surface area contributed by atoms with Crippen LogP contribution in [0.2, 0.25) is 0 Å². The Bertz CT molecular complexity index is 716. The number of halogens is 4. The minimum Gasteiger partial charge on any atom is -0.0464 e. The fourth-order valence-electron chi connectivity index (χ4n) is 2.26. The van der Waals surface area contributed by atoms with Gasteiger partial charge in [0.25, 0.3) is 0 Å². The van der Waals surface area contributed by atoms with Crippen molar-refractivity contribution in [3.05, 3.63) is 36.4 Å². The zero-order valence-electron chi connectivity index (χ0n) is 10.6. The molecule has 3 rings (SSSR count). The van der Waals surface area contributed by atoms with E-state index < -0.39 is 0 Å². The molecule has 0 atom stereocenters. The largest absolute Gasteiger partial charge is 0.0464 e. The van der Waals surface area contributed by atoms with Crippen LogP contribution in [0.4, 0.5) is 0 Å². The van der Waals surface area contributed by atoms with Crippen LogP contribution in [0.3, 0.4) is 0 Å². The molecule has 0 unspecified atom stereocenters. The van der Waals surface area contributed by atoms with Crippen LogP contribution in [0, 0.1) is 0 Å². The lowest BCUT2D eigenvalue weighted by Gasteiger charge is -2.10. The van der Waals surface area contributed by atoms with Crippen LogP contribution >= 0.6 is 100 Å². The Morgan fingerprint density at radius 3 is 0.818 bits per heavy atom. The molecule has 22 heavy (non-hydrogen) atoms. The third-order valence-corrected chi connectivity index (χ3v) is 9.71. The molecule has 0 bridgehead atoms. The highest BCUT2D eigenvalue weighted by Crippen LogP contribution is 2.43. The lowest BCUT2D eigenvalue weighted by Crippen LogP contribution is -1.82. The maximum atomic E-state index is 3.49. The number of hydrogen-bond donors (Lipinski definition) is 0. The Labute approximate surface area is 175 Å². The normalized spacial score (nSPS) is 11.5. The SMILES string of the molecule is BrSc1cc2cc3cc(SBr)c(SBr)cc3cc2cc1SBr. The number of fused-ring (bicyclic) bond motifs is 2. The van der Waals surface area contributed by atoms with Crippen molar-refractivity contribution in [1.29, 1.82) is 0 Å². The van der Waals surface area contributed by atoms with Crippen molar-refractivity contribution >= 4 is 122 Å². The second-order valence-electron chi connectivity index (χ2n) is 4.45. The molecule has 0 spiro atoms. The quantitative estimate of drug-likeness (QED) is 0.266. The van der Waals surface area contributed by atoms with Gasteiger partial charge in [0.15, 0.2) is 0 Å². The minimum absolute atomic E-state index is 1.22. The molecule has 0 radical (unpaired) electrons. The molecule has 0 aliphatic carbocycles. The van der Waals surface area contributed by atoms with Gasteiger partial charge >= 0.3 is 0 Å². The molecule has 0 amide bonds. The predicted octanol–water partition coefficient (Wildman–Crippen LogP) is 9.60. The van der Waals surface area contributed by atoms with E-state index in [-0.39, 0.29) is 0 Å². The van der Waals surface area contributed by atoms with Gasteiger partial charge in [-0.25, -0.2) is 0 Å². The zero-order chi connectivity index (χ0) is 15.7. The molecule has 0 fully saturated rings. The standard InChI is InChI=1S/C14H6Br4S4/c15-19-11-3-7-1-8-4-12(20-16)14(22-18)6-10(8)2-9(7)5-13(11)21-17/h1-6H. The molecular formula is C14H6Br4S4. The van der Waals surface area contributed by atoms with E-state index >= 15 is 0 Å². The van der Waals surface area contributed by atoms with Gasteiger partial charge in [0.2, 0.25) is 0 Å². The first-order valence-electron chi connectivity index (χ1n) is 5.90. The Morgan fingerprint density at radius 2 is 0.636 bits per heavy atom. The molecule has 8 heteroatoms. The number of rotatable bonds is 4. The fourth-order valence-corrected chi connectivity index (χ4v) is 8.48. The van der Waals surface area contributed by atoms with E-state index in [0.717, 1.165) is 0 Å². The Balaban J connectivity index is 2.30. The lowest BCUT2D eigenvalue weighted by molar-refractivity contribution is 1.29. The van der Waals surface area contributed by atoms with E-state index in [0.29, 0.717) is 0 Å². The Hall–Kier alpha value is 1.50.